The number of carbonyl (C=O) groups is 2. The third kappa shape index (κ3) is 4.54. The summed E-state index contributed by atoms with van der Waals surface area (Å²) in [6.07, 6.45) is 0.131. The zero-order chi connectivity index (χ0) is 20.4. The van der Waals surface area contributed by atoms with Gasteiger partial charge in [0.05, 0.1) is 34.5 Å². The number of Topliss-reactive ketones (excluding diaryl/α,β-unsaturated/α-hetero) is 1. The van der Waals surface area contributed by atoms with E-state index < -0.39 is 0 Å². The normalized spacial score (nSPS) is 19.0. The predicted octanol–water partition coefficient (Wildman–Crippen LogP) is 4.13. The quantitative estimate of drug-likeness (QED) is 0.694. The van der Waals surface area contributed by atoms with E-state index in [1.165, 1.54) is 11.3 Å². The molecule has 3 heterocycles. The predicted molar refractivity (Wildman–Crippen MR) is 115 cm³/mol. The third-order valence-corrected chi connectivity index (χ3v) is 6.13. The SMILES string of the molecule is CC1=NCCN(c2ccc(N3C[C@H](CCC(=O)c4ccc(Cl)s4)OC3=O)cc2)N1. The molecule has 0 radical (unpaired) electrons. The maximum absolute atomic E-state index is 12.3. The Morgan fingerprint density at radius 1 is 1.28 bits per heavy atom. The molecule has 0 saturated carbocycles. The number of ketones is 1. The smallest absolute Gasteiger partial charge is 0.414 e. The highest BCUT2D eigenvalue weighted by molar-refractivity contribution is 7.18. The van der Waals surface area contributed by atoms with Crippen molar-refractivity contribution in [3.05, 3.63) is 45.6 Å². The minimum atomic E-state index is -0.381. The van der Waals surface area contributed by atoms with Crippen LogP contribution in [0.5, 0.6) is 0 Å². The van der Waals surface area contributed by atoms with Gasteiger partial charge in [0.15, 0.2) is 5.78 Å². The van der Waals surface area contributed by atoms with Gasteiger partial charge >= 0.3 is 6.09 Å². The lowest BCUT2D eigenvalue weighted by Crippen LogP contribution is -2.46. The van der Waals surface area contributed by atoms with Gasteiger partial charge < -0.3 is 4.74 Å². The Balaban J connectivity index is 1.34. The molecule has 4 rings (SSSR count). The molecule has 0 bridgehead atoms. The molecule has 152 valence electrons. The van der Waals surface area contributed by atoms with Crippen molar-refractivity contribution in [3.8, 4) is 0 Å². The Bertz CT molecular complexity index is 943. The Hall–Kier alpha value is -2.58. The molecule has 29 heavy (non-hydrogen) atoms. The maximum atomic E-state index is 12.3. The molecule has 1 N–H and O–H groups in total. The van der Waals surface area contributed by atoms with Crippen LogP contribution in [0, 0.1) is 0 Å². The number of hydrazine groups is 1. The summed E-state index contributed by atoms with van der Waals surface area (Å²) in [5.74, 6) is 0.902. The molecule has 0 aliphatic carbocycles. The van der Waals surface area contributed by atoms with Gasteiger partial charge in [-0.3, -0.25) is 25.1 Å². The van der Waals surface area contributed by atoms with Crippen molar-refractivity contribution >= 4 is 52.0 Å². The first-order valence-corrected chi connectivity index (χ1v) is 10.6. The summed E-state index contributed by atoms with van der Waals surface area (Å²) in [7, 11) is 0. The number of ether oxygens (including phenoxy) is 1. The van der Waals surface area contributed by atoms with Crippen LogP contribution in [0.4, 0.5) is 16.2 Å². The number of cyclic esters (lactones) is 1. The summed E-state index contributed by atoms with van der Waals surface area (Å²) < 4.78 is 6.05. The fraction of sp³-hybridized carbons (Fsp3) is 0.350. The van der Waals surface area contributed by atoms with Crippen molar-refractivity contribution in [2.75, 3.05) is 29.5 Å². The van der Waals surface area contributed by atoms with Gasteiger partial charge in [-0.1, -0.05) is 11.6 Å². The summed E-state index contributed by atoms with van der Waals surface area (Å²) in [5.41, 5.74) is 5.00. The van der Waals surface area contributed by atoms with E-state index in [0.29, 0.717) is 28.6 Å². The number of amides is 1. The number of carbonyl (C=O) groups excluding carboxylic acids is 2. The average molecular weight is 433 g/mol. The van der Waals surface area contributed by atoms with Crippen molar-refractivity contribution in [3.63, 3.8) is 0 Å². The van der Waals surface area contributed by atoms with Crippen LogP contribution in [0.15, 0.2) is 41.4 Å². The summed E-state index contributed by atoms with van der Waals surface area (Å²) in [5, 5.41) is 2.03. The zero-order valence-electron chi connectivity index (χ0n) is 15.9. The van der Waals surface area contributed by atoms with Gasteiger partial charge in [-0.2, -0.15) is 0 Å². The topological polar surface area (TPSA) is 74.2 Å². The van der Waals surface area contributed by atoms with Crippen molar-refractivity contribution in [2.45, 2.75) is 25.9 Å². The van der Waals surface area contributed by atoms with E-state index in [-0.39, 0.29) is 18.0 Å². The van der Waals surface area contributed by atoms with Crippen LogP contribution >= 0.6 is 22.9 Å². The minimum absolute atomic E-state index is 0.0219. The Morgan fingerprint density at radius 3 is 2.72 bits per heavy atom. The number of aliphatic imine (C=N–C) groups is 1. The molecule has 1 aromatic heterocycles. The van der Waals surface area contributed by atoms with Crippen LogP contribution in [0.1, 0.15) is 29.4 Å². The highest BCUT2D eigenvalue weighted by atomic mass is 35.5. The number of rotatable bonds is 6. The number of amidine groups is 1. The molecule has 0 spiro atoms. The third-order valence-electron chi connectivity index (χ3n) is 4.86. The highest BCUT2D eigenvalue weighted by Gasteiger charge is 2.32. The van der Waals surface area contributed by atoms with Crippen LogP contribution in [0.2, 0.25) is 4.34 Å². The first kappa shape index (κ1) is 19.7. The standard InChI is InChI=1S/C20H21ClN4O3S/c1-13-22-10-11-25(23-13)15-4-2-14(3-5-15)24-12-16(28-20(24)27)6-7-17(26)18-8-9-19(21)29-18/h2-5,8-9,16H,6-7,10-12H2,1H3,(H,22,23)/t16-/m0/s1. The second-order valence-electron chi connectivity index (χ2n) is 6.93. The lowest BCUT2D eigenvalue weighted by atomic mass is 10.1. The van der Waals surface area contributed by atoms with Gasteiger partial charge in [-0.25, -0.2) is 4.79 Å². The molecule has 1 saturated heterocycles. The second kappa shape index (κ2) is 8.42. The number of hydrogen-bond donors (Lipinski definition) is 1. The number of nitrogens with one attached hydrogen (secondary N) is 1. The van der Waals surface area contributed by atoms with Crippen LogP contribution < -0.4 is 15.3 Å². The van der Waals surface area contributed by atoms with Gasteiger partial charge in [-0.15, -0.1) is 11.3 Å². The molecule has 1 fully saturated rings. The largest absolute Gasteiger partial charge is 0.444 e. The molecule has 9 heteroatoms. The molecule has 1 atom stereocenters. The van der Waals surface area contributed by atoms with E-state index in [9.17, 15) is 9.59 Å². The van der Waals surface area contributed by atoms with Crippen molar-refractivity contribution in [1.82, 2.24) is 5.43 Å². The molecule has 2 aromatic rings. The fourth-order valence-electron chi connectivity index (χ4n) is 3.37. The van der Waals surface area contributed by atoms with E-state index in [1.54, 1.807) is 17.0 Å². The summed E-state index contributed by atoms with van der Waals surface area (Å²) >= 11 is 7.15. The van der Waals surface area contributed by atoms with E-state index in [1.807, 2.05) is 36.2 Å². The molecular formula is C20H21ClN4O3S. The van der Waals surface area contributed by atoms with Crippen molar-refractivity contribution < 1.29 is 14.3 Å². The zero-order valence-corrected chi connectivity index (χ0v) is 17.5. The van der Waals surface area contributed by atoms with Gasteiger partial charge in [0.1, 0.15) is 11.9 Å². The van der Waals surface area contributed by atoms with Crippen LogP contribution in [-0.2, 0) is 4.74 Å². The number of benzene rings is 1. The Morgan fingerprint density at radius 2 is 2.03 bits per heavy atom. The number of thiophene rings is 1. The van der Waals surface area contributed by atoms with E-state index >= 15 is 0 Å². The monoisotopic (exact) mass is 432 g/mol. The molecule has 2 aliphatic rings. The van der Waals surface area contributed by atoms with Crippen molar-refractivity contribution in [1.29, 1.82) is 0 Å². The number of nitrogens with zero attached hydrogens (tertiary/aromatic N) is 3. The van der Waals surface area contributed by atoms with Crippen LogP contribution in [-0.4, -0.2) is 43.5 Å². The summed E-state index contributed by atoms with van der Waals surface area (Å²) in [4.78, 5) is 31.1. The highest BCUT2D eigenvalue weighted by Crippen LogP contribution is 2.27. The number of anilines is 2. The van der Waals surface area contributed by atoms with Gasteiger partial charge in [0, 0.05) is 12.1 Å². The van der Waals surface area contributed by atoms with Crippen molar-refractivity contribution in [2.24, 2.45) is 4.99 Å². The summed E-state index contributed by atoms with van der Waals surface area (Å²) in [6, 6.07) is 11.2. The maximum Gasteiger partial charge on any atom is 0.414 e. The minimum Gasteiger partial charge on any atom is -0.444 e. The molecule has 7 nitrogen and oxygen atoms in total. The van der Waals surface area contributed by atoms with E-state index in [0.717, 1.165) is 30.3 Å². The van der Waals surface area contributed by atoms with Gasteiger partial charge in [0.25, 0.3) is 0 Å². The first-order chi connectivity index (χ1) is 14.0. The van der Waals surface area contributed by atoms with E-state index in [4.69, 9.17) is 16.3 Å². The average Bonchev–Trinajstić information content (AvgIpc) is 3.32. The molecule has 1 amide bonds. The number of halogens is 1. The molecule has 0 unspecified atom stereocenters. The van der Waals surface area contributed by atoms with Gasteiger partial charge in [0.2, 0.25) is 0 Å². The van der Waals surface area contributed by atoms with E-state index in [2.05, 4.69) is 10.4 Å². The lowest BCUT2D eigenvalue weighted by Gasteiger charge is -2.29. The molecule has 1 aromatic carbocycles. The summed E-state index contributed by atoms with van der Waals surface area (Å²) in [6.45, 7) is 3.90. The van der Waals surface area contributed by atoms with Gasteiger partial charge in [-0.05, 0) is 49.7 Å². The first-order valence-electron chi connectivity index (χ1n) is 9.41. The number of hydrogen-bond acceptors (Lipinski definition) is 7. The van der Waals surface area contributed by atoms with Crippen LogP contribution in [0.3, 0.4) is 0 Å². The lowest BCUT2D eigenvalue weighted by molar-refractivity contribution is 0.0943. The van der Waals surface area contributed by atoms with Crippen LogP contribution in [0.25, 0.3) is 0 Å². The molecular weight excluding hydrogens is 412 g/mol. The second-order valence-corrected chi connectivity index (χ2v) is 8.64. The fourth-order valence-corrected chi connectivity index (χ4v) is 4.38. The Labute approximate surface area is 177 Å². The molecule has 2 aliphatic heterocycles. The Kier molecular flexibility index (Phi) is 5.73.